The van der Waals surface area contributed by atoms with Crippen LogP contribution < -0.4 is 10.5 Å². The molecule has 0 atom stereocenters. The predicted octanol–water partition coefficient (Wildman–Crippen LogP) is 0.973. The van der Waals surface area contributed by atoms with Gasteiger partial charge in [-0.3, -0.25) is 0 Å². The van der Waals surface area contributed by atoms with E-state index < -0.39 is 10.0 Å². The van der Waals surface area contributed by atoms with E-state index in [0.29, 0.717) is 17.7 Å². The van der Waals surface area contributed by atoms with Crippen molar-refractivity contribution >= 4 is 31.6 Å². The molecule has 3 N–H and O–H groups in total. The zero-order valence-corrected chi connectivity index (χ0v) is 13.0. The fourth-order valence-electron chi connectivity index (χ4n) is 1.31. The molecule has 8 heteroatoms. The molecule has 0 saturated heterocycles. The van der Waals surface area contributed by atoms with Gasteiger partial charge in [-0.15, -0.1) is 0 Å². The third kappa shape index (κ3) is 5.45. The summed E-state index contributed by atoms with van der Waals surface area (Å²) in [5.74, 6) is 0. The smallest absolute Gasteiger partial charge is 0.242 e. The van der Waals surface area contributed by atoms with Gasteiger partial charge in [-0.1, -0.05) is 15.9 Å². The lowest BCUT2D eigenvalue weighted by Crippen LogP contribution is -2.28. The first kappa shape index (κ1) is 16.4. The zero-order valence-electron chi connectivity index (χ0n) is 10.6. The van der Waals surface area contributed by atoms with Crippen LogP contribution in [0.3, 0.4) is 0 Å². The highest BCUT2D eigenvalue weighted by molar-refractivity contribution is 9.10. The molecule has 19 heavy (non-hydrogen) atoms. The van der Waals surface area contributed by atoms with Crippen LogP contribution in [0.2, 0.25) is 0 Å². The van der Waals surface area contributed by atoms with Gasteiger partial charge in [0.2, 0.25) is 10.0 Å². The van der Waals surface area contributed by atoms with Crippen molar-refractivity contribution in [1.82, 2.24) is 4.72 Å². The van der Waals surface area contributed by atoms with E-state index in [9.17, 15) is 8.42 Å². The zero-order chi connectivity index (χ0) is 14.3. The Morgan fingerprint density at radius 3 is 2.74 bits per heavy atom. The van der Waals surface area contributed by atoms with Gasteiger partial charge >= 0.3 is 0 Å². The Morgan fingerprint density at radius 1 is 1.32 bits per heavy atom. The maximum atomic E-state index is 12.0. The summed E-state index contributed by atoms with van der Waals surface area (Å²) in [6.45, 7) is 1.36. The molecule has 0 aliphatic carbocycles. The van der Waals surface area contributed by atoms with E-state index >= 15 is 0 Å². The Labute approximate surface area is 121 Å². The lowest BCUT2D eigenvalue weighted by molar-refractivity contribution is 0.0736. The minimum absolute atomic E-state index is 0.0544. The largest absolute Gasteiger partial charge is 0.398 e. The number of ether oxygens (including phenoxy) is 2. The lowest BCUT2D eigenvalue weighted by Gasteiger charge is -2.09. The van der Waals surface area contributed by atoms with E-state index in [4.69, 9.17) is 15.2 Å². The van der Waals surface area contributed by atoms with Gasteiger partial charge in [0.25, 0.3) is 0 Å². The van der Waals surface area contributed by atoms with E-state index in [1.54, 1.807) is 13.2 Å². The second-order valence-corrected chi connectivity index (χ2v) is 6.34. The van der Waals surface area contributed by atoms with Gasteiger partial charge in [-0.05, 0) is 18.2 Å². The minimum atomic E-state index is -3.62. The summed E-state index contributed by atoms with van der Waals surface area (Å²) >= 11 is 3.21. The Morgan fingerprint density at radius 2 is 2.05 bits per heavy atom. The Hall–Kier alpha value is -0.670. The molecule has 0 bridgehead atoms. The summed E-state index contributed by atoms with van der Waals surface area (Å²) in [5, 5.41) is 0. The molecule has 0 heterocycles. The van der Waals surface area contributed by atoms with E-state index in [-0.39, 0.29) is 23.7 Å². The van der Waals surface area contributed by atoms with Crippen molar-refractivity contribution in [3.05, 3.63) is 22.7 Å². The number of benzene rings is 1. The first-order chi connectivity index (χ1) is 8.97. The molecule has 0 radical (unpaired) electrons. The van der Waals surface area contributed by atoms with Crippen LogP contribution in [0.5, 0.6) is 0 Å². The first-order valence-electron chi connectivity index (χ1n) is 5.59. The fourth-order valence-corrected chi connectivity index (χ4v) is 2.99. The number of nitrogens with one attached hydrogen (secondary N) is 1. The highest BCUT2D eigenvalue weighted by Crippen LogP contribution is 2.22. The van der Waals surface area contributed by atoms with Gasteiger partial charge in [-0.2, -0.15) is 0 Å². The van der Waals surface area contributed by atoms with Crippen LogP contribution >= 0.6 is 15.9 Å². The summed E-state index contributed by atoms with van der Waals surface area (Å²) < 4.78 is 37.0. The highest BCUT2D eigenvalue weighted by Gasteiger charge is 2.17. The van der Waals surface area contributed by atoms with Gasteiger partial charge in [0.15, 0.2) is 0 Å². The monoisotopic (exact) mass is 352 g/mol. The third-order valence-corrected chi connectivity index (χ3v) is 4.25. The van der Waals surface area contributed by atoms with Crippen molar-refractivity contribution in [2.24, 2.45) is 0 Å². The number of sulfonamides is 1. The molecule has 0 aliphatic rings. The first-order valence-corrected chi connectivity index (χ1v) is 7.86. The van der Waals surface area contributed by atoms with E-state index in [0.717, 1.165) is 0 Å². The standard InChI is InChI=1S/C11H17BrN2O4S/c1-17-6-7-18-5-4-14-19(15,16)11-8-9(12)2-3-10(11)13/h2-3,8,14H,4-7,13H2,1H3. The second kappa shape index (κ2) is 7.81. The van der Waals surface area contributed by atoms with Crippen molar-refractivity contribution in [2.75, 3.05) is 39.2 Å². The van der Waals surface area contributed by atoms with Crippen LogP contribution in [-0.2, 0) is 19.5 Å². The molecule has 0 amide bonds. The molecule has 0 fully saturated rings. The van der Waals surface area contributed by atoms with Crippen LogP contribution in [0.1, 0.15) is 0 Å². The summed E-state index contributed by atoms with van der Waals surface area (Å²) in [6, 6.07) is 4.68. The van der Waals surface area contributed by atoms with Gasteiger partial charge < -0.3 is 15.2 Å². The van der Waals surface area contributed by atoms with E-state index in [1.807, 2.05) is 0 Å². The van der Waals surface area contributed by atoms with Crippen molar-refractivity contribution in [1.29, 1.82) is 0 Å². The van der Waals surface area contributed by atoms with Gasteiger partial charge in [-0.25, -0.2) is 13.1 Å². The van der Waals surface area contributed by atoms with Gasteiger partial charge in [0.05, 0.1) is 25.5 Å². The van der Waals surface area contributed by atoms with E-state index in [1.165, 1.54) is 12.1 Å². The number of rotatable bonds is 8. The molecule has 1 aromatic carbocycles. The molecule has 0 spiro atoms. The Balaban J connectivity index is 2.54. The number of halogens is 1. The van der Waals surface area contributed by atoms with Crippen molar-refractivity contribution in [3.8, 4) is 0 Å². The number of hydrogen-bond acceptors (Lipinski definition) is 5. The maximum Gasteiger partial charge on any atom is 0.242 e. The van der Waals surface area contributed by atoms with Crippen molar-refractivity contribution in [2.45, 2.75) is 4.90 Å². The molecule has 0 aliphatic heterocycles. The normalized spacial score (nSPS) is 11.7. The number of anilines is 1. The van der Waals surface area contributed by atoms with E-state index in [2.05, 4.69) is 20.7 Å². The lowest BCUT2D eigenvalue weighted by atomic mass is 10.3. The summed E-state index contributed by atoms with van der Waals surface area (Å²) in [4.78, 5) is 0.0544. The molecular weight excluding hydrogens is 336 g/mol. The summed E-state index contributed by atoms with van der Waals surface area (Å²) in [5.41, 5.74) is 5.86. The predicted molar refractivity (Wildman–Crippen MR) is 76.4 cm³/mol. The Kier molecular flexibility index (Phi) is 6.73. The molecule has 0 unspecified atom stereocenters. The fraction of sp³-hybridized carbons (Fsp3) is 0.455. The van der Waals surface area contributed by atoms with Crippen LogP contribution in [-0.4, -0.2) is 41.9 Å². The van der Waals surface area contributed by atoms with Crippen LogP contribution in [0.4, 0.5) is 5.69 Å². The maximum absolute atomic E-state index is 12.0. The third-order valence-electron chi connectivity index (χ3n) is 2.24. The van der Waals surface area contributed by atoms with Crippen molar-refractivity contribution in [3.63, 3.8) is 0 Å². The number of hydrogen-bond donors (Lipinski definition) is 2. The van der Waals surface area contributed by atoms with Crippen LogP contribution in [0.25, 0.3) is 0 Å². The number of nitrogen functional groups attached to an aromatic ring is 1. The second-order valence-electron chi connectivity index (χ2n) is 3.69. The number of nitrogens with two attached hydrogens (primary N) is 1. The summed E-state index contributed by atoms with van der Waals surface area (Å²) in [6.07, 6.45) is 0. The molecular formula is C11H17BrN2O4S. The quantitative estimate of drug-likeness (QED) is 0.537. The van der Waals surface area contributed by atoms with Gasteiger partial charge in [0.1, 0.15) is 4.90 Å². The average Bonchev–Trinajstić information content (AvgIpc) is 2.36. The Bertz CT molecular complexity index is 507. The molecule has 6 nitrogen and oxygen atoms in total. The van der Waals surface area contributed by atoms with Crippen LogP contribution in [0.15, 0.2) is 27.6 Å². The molecule has 108 valence electrons. The summed E-state index contributed by atoms with van der Waals surface area (Å²) in [7, 11) is -2.05. The topological polar surface area (TPSA) is 90.6 Å². The van der Waals surface area contributed by atoms with Crippen LogP contribution in [0, 0.1) is 0 Å². The molecule has 1 rings (SSSR count). The van der Waals surface area contributed by atoms with Crippen molar-refractivity contribution < 1.29 is 17.9 Å². The molecule has 0 saturated carbocycles. The SMILES string of the molecule is COCCOCCNS(=O)(=O)c1cc(Br)ccc1N. The minimum Gasteiger partial charge on any atom is -0.398 e. The number of methoxy groups -OCH3 is 1. The molecule has 1 aromatic rings. The average molecular weight is 353 g/mol. The van der Waals surface area contributed by atoms with Gasteiger partial charge in [0, 0.05) is 18.1 Å². The molecule has 0 aromatic heterocycles. The highest BCUT2D eigenvalue weighted by atomic mass is 79.9.